The summed E-state index contributed by atoms with van der Waals surface area (Å²) in [6.45, 7) is 6.66. The number of fused-ring (bicyclic) bond motifs is 1. The Morgan fingerprint density at radius 3 is 2.65 bits per heavy atom. The van der Waals surface area contributed by atoms with Crippen molar-refractivity contribution in [3.05, 3.63) is 59.3 Å². The van der Waals surface area contributed by atoms with E-state index in [1.54, 1.807) is 7.11 Å². The second-order valence-corrected chi connectivity index (χ2v) is 7.44. The molecule has 1 unspecified atom stereocenters. The minimum Gasteiger partial charge on any atom is -0.395 e. The first kappa shape index (κ1) is 24.4. The van der Waals surface area contributed by atoms with Crippen LogP contribution in [0.1, 0.15) is 43.2 Å². The first-order chi connectivity index (χ1) is 14.9. The number of methoxy groups -OCH3 is 1. The van der Waals surface area contributed by atoms with Gasteiger partial charge >= 0.3 is 0 Å². The van der Waals surface area contributed by atoms with E-state index in [-0.39, 0.29) is 43.7 Å². The van der Waals surface area contributed by atoms with Crippen LogP contribution in [0.15, 0.2) is 48.2 Å². The molecule has 0 saturated heterocycles. The second kappa shape index (κ2) is 12.1. The van der Waals surface area contributed by atoms with Crippen molar-refractivity contribution in [1.82, 2.24) is 10.6 Å². The van der Waals surface area contributed by atoms with E-state index in [4.69, 9.17) is 9.84 Å². The van der Waals surface area contributed by atoms with Gasteiger partial charge in [-0.25, -0.2) is 0 Å². The molecule has 1 aromatic rings. The molecule has 168 valence electrons. The maximum absolute atomic E-state index is 12.3. The van der Waals surface area contributed by atoms with Crippen LogP contribution in [-0.2, 0) is 14.3 Å². The van der Waals surface area contributed by atoms with Gasteiger partial charge in [0.05, 0.1) is 13.2 Å². The van der Waals surface area contributed by atoms with Crippen LogP contribution in [0.4, 0.5) is 5.69 Å². The second-order valence-electron chi connectivity index (χ2n) is 7.44. The minimum atomic E-state index is -0.165. The largest absolute Gasteiger partial charge is 0.395 e. The van der Waals surface area contributed by atoms with Gasteiger partial charge in [-0.05, 0) is 53.8 Å². The SMILES string of the molecule is C=CC1=C(/C=C(\C)NC)C(COC)c2cc(NC(=O)CCCC(=O)NCCO)ccc21. The van der Waals surface area contributed by atoms with Crippen LogP contribution < -0.4 is 16.0 Å². The highest BCUT2D eigenvalue weighted by atomic mass is 16.5. The molecule has 2 rings (SSSR count). The number of aliphatic hydroxyl groups is 1. The van der Waals surface area contributed by atoms with E-state index < -0.39 is 0 Å². The summed E-state index contributed by atoms with van der Waals surface area (Å²) in [5, 5.41) is 17.4. The van der Waals surface area contributed by atoms with Crippen molar-refractivity contribution in [1.29, 1.82) is 0 Å². The first-order valence-corrected chi connectivity index (χ1v) is 10.5. The summed E-state index contributed by atoms with van der Waals surface area (Å²) in [6.07, 6.45) is 4.92. The lowest BCUT2D eigenvalue weighted by atomic mass is 9.95. The number of allylic oxidation sites excluding steroid dienone is 4. The Bertz CT molecular complexity index is 874. The minimum absolute atomic E-state index is 0.0448. The van der Waals surface area contributed by atoms with Gasteiger partial charge in [-0.15, -0.1) is 0 Å². The molecule has 0 aromatic heterocycles. The monoisotopic (exact) mass is 427 g/mol. The lowest BCUT2D eigenvalue weighted by Gasteiger charge is -2.16. The average molecular weight is 428 g/mol. The molecule has 0 saturated carbocycles. The molecular formula is C24H33N3O4. The molecular weight excluding hydrogens is 394 g/mol. The summed E-state index contributed by atoms with van der Waals surface area (Å²) >= 11 is 0. The van der Waals surface area contributed by atoms with Crippen LogP contribution in [0, 0.1) is 0 Å². The van der Waals surface area contributed by atoms with Crippen molar-refractivity contribution in [2.75, 3.05) is 39.2 Å². The standard InChI is InChI=1S/C24H33N3O4/c1-5-18-19-10-9-17(27-24(30)8-6-7-23(29)26-11-12-28)14-21(19)22(15-31-4)20(18)13-16(2)25-3/h5,9-10,13-14,22,25,28H,1,6-8,11-12,15H2,2-4H3,(H,26,29)(H,27,30)/b16-13+. The molecule has 0 fully saturated rings. The van der Waals surface area contributed by atoms with Gasteiger partial charge in [0.1, 0.15) is 0 Å². The highest BCUT2D eigenvalue weighted by Gasteiger charge is 2.29. The van der Waals surface area contributed by atoms with Gasteiger partial charge in [0.25, 0.3) is 0 Å². The predicted octanol–water partition coefficient (Wildman–Crippen LogP) is 2.71. The summed E-state index contributed by atoms with van der Waals surface area (Å²) in [7, 11) is 3.57. The van der Waals surface area contributed by atoms with Crippen molar-refractivity contribution in [2.24, 2.45) is 0 Å². The van der Waals surface area contributed by atoms with Crippen LogP contribution in [0.3, 0.4) is 0 Å². The van der Waals surface area contributed by atoms with Crippen molar-refractivity contribution in [3.63, 3.8) is 0 Å². The van der Waals surface area contributed by atoms with Crippen LogP contribution in [-0.4, -0.2) is 50.8 Å². The zero-order chi connectivity index (χ0) is 22.8. The van der Waals surface area contributed by atoms with Gasteiger partial charge in [-0.1, -0.05) is 18.7 Å². The lowest BCUT2D eigenvalue weighted by Crippen LogP contribution is -2.26. The summed E-state index contributed by atoms with van der Waals surface area (Å²) in [5.41, 5.74) is 6.14. The van der Waals surface area contributed by atoms with E-state index in [9.17, 15) is 9.59 Å². The van der Waals surface area contributed by atoms with Crippen LogP contribution in [0.5, 0.6) is 0 Å². The van der Waals surface area contributed by atoms with Gasteiger partial charge in [-0.3, -0.25) is 9.59 Å². The Labute approximate surface area is 184 Å². The van der Waals surface area contributed by atoms with E-state index in [1.807, 2.05) is 38.2 Å². The molecule has 1 aromatic carbocycles. The Morgan fingerprint density at radius 1 is 1.26 bits per heavy atom. The van der Waals surface area contributed by atoms with Gasteiger partial charge in [0.15, 0.2) is 0 Å². The number of aliphatic hydroxyl groups excluding tert-OH is 1. The molecule has 1 aliphatic rings. The van der Waals surface area contributed by atoms with Gasteiger partial charge < -0.3 is 25.8 Å². The molecule has 0 spiro atoms. The van der Waals surface area contributed by atoms with Crippen LogP contribution in [0.2, 0.25) is 0 Å². The third kappa shape index (κ3) is 6.54. The number of ether oxygens (including phenoxy) is 1. The number of nitrogens with one attached hydrogen (secondary N) is 3. The van der Waals surface area contributed by atoms with Crippen molar-refractivity contribution in [3.8, 4) is 0 Å². The van der Waals surface area contributed by atoms with Crippen molar-refractivity contribution >= 4 is 23.1 Å². The van der Waals surface area contributed by atoms with Gasteiger partial charge in [0, 0.05) is 50.8 Å². The fourth-order valence-electron chi connectivity index (χ4n) is 3.66. The number of anilines is 1. The van der Waals surface area contributed by atoms with Crippen LogP contribution in [0.25, 0.3) is 5.57 Å². The molecule has 7 heteroatoms. The molecule has 7 nitrogen and oxygen atoms in total. The first-order valence-electron chi connectivity index (χ1n) is 10.5. The maximum Gasteiger partial charge on any atom is 0.224 e. The number of benzene rings is 1. The third-order valence-electron chi connectivity index (χ3n) is 5.23. The molecule has 0 aliphatic heterocycles. The van der Waals surface area contributed by atoms with E-state index >= 15 is 0 Å². The zero-order valence-electron chi connectivity index (χ0n) is 18.6. The molecule has 31 heavy (non-hydrogen) atoms. The molecule has 0 bridgehead atoms. The topological polar surface area (TPSA) is 99.7 Å². The van der Waals surface area contributed by atoms with E-state index in [0.29, 0.717) is 18.7 Å². The predicted molar refractivity (Wildman–Crippen MR) is 124 cm³/mol. The Balaban J connectivity index is 2.11. The van der Waals surface area contributed by atoms with Crippen molar-refractivity contribution < 1.29 is 19.4 Å². The Hall–Kier alpha value is -2.90. The molecule has 0 radical (unpaired) electrons. The summed E-state index contributed by atoms with van der Waals surface area (Å²) in [6, 6.07) is 5.88. The molecule has 4 N–H and O–H groups in total. The highest BCUT2D eigenvalue weighted by Crippen LogP contribution is 2.44. The van der Waals surface area contributed by atoms with Crippen molar-refractivity contribution in [2.45, 2.75) is 32.1 Å². The van der Waals surface area contributed by atoms with Gasteiger partial charge in [-0.2, -0.15) is 0 Å². The number of amides is 2. The smallest absolute Gasteiger partial charge is 0.224 e. The number of rotatable bonds is 12. The molecule has 2 amide bonds. The zero-order valence-corrected chi connectivity index (χ0v) is 18.6. The molecule has 1 aliphatic carbocycles. The number of carbonyl (C=O) groups is 2. The number of carbonyl (C=O) groups excluding carboxylic acids is 2. The Morgan fingerprint density at radius 2 is 2.00 bits per heavy atom. The van der Waals surface area contributed by atoms with Crippen LogP contribution >= 0.6 is 0 Å². The lowest BCUT2D eigenvalue weighted by molar-refractivity contribution is -0.121. The van der Waals surface area contributed by atoms with E-state index in [2.05, 4.69) is 28.6 Å². The highest BCUT2D eigenvalue weighted by molar-refractivity contribution is 5.93. The fourth-order valence-corrected chi connectivity index (χ4v) is 3.66. The number of hydrogen-bond donors (Lipinski definition) is 4. The molecule has 1 atom stereocenters. The number of hydrogen-bond acceptors (Lipinski definition) is 5. The Kier molecular flexibility index (Phi) is 9.49. The normalized spacial score (nSPS) is 15.5. The van der Waals surface area contributed by atoms with E-state index in [1.165, 1.54) is 0 Å². The maximum atomic E-state index is 12.3. The summed E-state index contributed by atoms with van der Waals surface area (Å²) in [5.74, 6) is -0.259. The molecule has 0 heterocycles. The summed E-state index contributed by atoms with van der Waals surface area (Å²) in [4.78, 5) is 23.9. The fraction of sp³-hybridized carbons (Fsp3) is 0.417. The average Bonchev–Trinajstić information content (AvgIpc) is 3.04. The van der Waals surface area contributed by atoms with Gasteiger partial charge in [0.2, 0.25) is 11.8 Å². The quantitative estimate of drug-likeness (QED) is 0.411. The van der Waals surface area contributed by atoms with E-state index in [0.717, 1.165) is 28.0 Å². The summed E-state index contributed by atoms with van der Waals surface area (Å²) < 4.78 is 5.49. The third-order valence-corrected chi connectivity index (χ3v) is 5.23.